The van der Waals surface area contributed by atoms with Crippen molar-refractivity contribution in [1.82, 2.24) is 5.32 Å². The van der Waals surface area contributed by atoms with Gasteiger partial charge >= 0.3 is 0 Å². The van der Waals surface area contributed by atoms with Crippen LogP contribution in [0.3, 0.4) is 0 Å². The number of hydrogen-bond acceptors (Lipinski definition) is 3. The van der Waals surface area contributed by atoms with Crippen LogP contribution in [-0.2, 0) is 15.9 Å². The zero-order valence-electron chi connectivity index (χ0n) is 12.6. The van der Waals surface area contributed by atoms with Gasteiger partial charge in [0.05, 0.1) is 19.8 Å². The van der Waals surface area contributed by atoms with E-state index in [1.54, 1.807) is 7.11 Å². The highest BCUT2D eigenvalue weighted by atomic mass is 16.5. The zero-order valence-corrected chi connectivity index (χ0v) is 12.6. The minimum Gasteiger partial charge on any atom is -0.382 e. The highest BCUT2D eigenvalue weighted by molar-refractivity contribution is 5.25. The summed E-state index contributed by atoms with van der Waals surface area (Å²) in [7, 11) is 3.67. The van der Waals surface area contributed by atoms with Crippen LogP contribution in [0.25, 0.3) is 0 Å². The predicted octanol–water partition coefficient (Wildman–Crippen LogP) is 2.60. The lowest BCUT2D eigenvalue weighted by atomic mass is 9.99. The van der Waals surface area contributed by atoms with Gasteiger partial charge in [0.1, 0.15) is 0 Å². The van der Waals surface area contributed by atoms with Crippen LogP contribution in [0.2, 0.25) is 0 Å². The van der Waals surface area contributed by atoms with E-state index in [0.717, 1.165) is 6.42 Å². The molecule has 0 bridgehead atoms. The first-order valence-corrected chi connectivity index (χ1v) is 7.00. The molecular formula is C16H27NO2. The van der Waals surface area contributed by atoms with Crippen LogP contribution in [0.15, 0.2) is 24.3 Å². The Balaban J connectivity index is 2.41. The average Bonchev–Trinajstić information content (AvgIpc) is 2.42. The van der Waals surface area contributed by atoms with Crippen LogP contribution >= 0.6 is 0 Å². The highest BCUT2D eigenvalue weighted by Gasteiger charge is 2.08. The van der Waals surface area contributed by atoms with Gasteiger partial charge in [-0.1, -0.05) is 38.1 Å². The summed E-state index contributed by atoms with van der Waals surface area (Å²) >= 11 is 0. The minimum atomic E-state index is 0.349. The lowest BCUT2D eigenvalue weighted by Gasteiger charge is -2.17. The highest BCUT2D eigenvalue weighted by Crippen LogP contribution is 2.15. The second-order valence-corrected chi connectivity index (χ2v) is 5.15. The summed E-state index contributed by atoms with van der Waals surface area (Å²) in [5.41, 5.74) is 2.74. The number of rotatable bonds is 9. The van der Waals surface area contributed by atoms with E-state index in [1.807, 2.05) is 7.05 Å². The fourth-order valence-corrected chi connectivity index (χ4v) is 1.94. The first-order valence-electron chi connectivity index (χ1n) is 7.00. The quantitative estimate of drug-likeness (QED) is 0.696. The molecule has 0 heterocycles. The molecule has 0 saturated heterocycles. The summed E-state index contributed by atoms with van der Waals surface area (Å²) in [4.78, 5) is 0. The number of nitrogens with one attached hydrogen (secondary N) is 1. The Morgan fingerprint density at radius 1 is 1.11 bits per heavy atom. The number of likely N-dealkylation sites (N-methyl/N-ethyl adjacent to an activating group) is 1. The van der Waals surface area contributed by atoms with Gasteiger partial charge in [0.15, 0.2) is 0 Å². The first kappa shape index (κ1) is 16.2. The smallest absolute Gasteiger partial charge is 0.0701 e. The normalized spacial score (nSPS) is 12.9. The molecule has 3 nitrogen and oxygen atoms in total. The summed E-state index contributed by atoms with van der Waals surface area (Å²) in [5, 5.41) is 3.30. The van der Waals surface area contributed by atoms with Crippen molar-refractivity contribution in [2.24, 2.45) is 0 Å². The molecule has 1 rings (SSSR count). The van der Waals surface area contributed by atoms with Crippen molar-refractivity contribution in [2.45, 2.75) is 32.2 Å². The summed E-state index contributed by atoms with van der Waals surface area (Å²) in [5.74, 6) is 0.589. The number of hydrogen-bond donors (Lipinski definition) is 1. The largest absolute Gasteiger partial charge is 0.382 e. The molecule has 0 aromatic heterocycles. The average molecular weight is 265 g/mol. The Bertz CT molecular complexity index is 335. The maximum absolute atomic E-state index is 5.57. The Kier molecular flexibility index (Phi) is 7.72. The van der Waals surface area contributed by atoms with E-state index >= 15 is 0 Å². The summed E-state index contributed by atoms with van der Waals surface area (Å²) < 4.78 is 10.5. The van der Waals surface area contributed by atoms with Gasteiger partial charge in [0.25, 0.3) is 0 Å². The molecule has 1 aromatic carbocycles. The molecule has 0 radical (unpaired) electrons. The van der Waals surface area contributed by atoms with E-state index < -0.39 is 0 Å². The third-order valence-corrected chi connectivity index (χ3v) is 3.29. The van der Waals surface area contributed by atoms with Crippen molar-refractivity contribution in [3.63, 3.8) is 0 Å². The van der Waals surface area contributed by atoms with E-state index in [4.69, 9.17) is 9.47 Å². The molecule has 1 unspecified atom stereocenters. The Morgan fingerprint density at radius 3 is 2.32 bits per heavy atom. The molecule has 0 spiro atoms. The van der Waals surface area contributed by atoms with Gasteiger partial charge in [-0.15, -0.1) is 0 Å². The Labute approximate surface area is 117 Å². The van der Waals surface area contributed by atoms with Crippen molar-refractivity contribution in [3.8, 4) is 0 Å². The molecule has 1 aromatic rings. The number of benzene rings is 1. The van der Waals surface area contributed by atoms with Gasteiger partial charge in [0.2, 0.25) is 0 Å². The van der Waals surface area contributed by atoms with Crippen molar-refractivity contribution < 1.29 is 9.47 Å². The van der Waals surface area contributed by atoms with Gasteiger partial charge in [-0.2, -0.15) is 0 Å². The van der Waals surface area contributed by atoms with Gasteiger partial charge in [-0.05, 0) is 30.5 Å². The molecule has 0 aliphatic heterocycles. The van der Waals surface area contributed by atoms with Crippen molar-refractivity contribution in [1.29, 1.82) is 0 Å². The topological polar surface area (TPSA) is 30.5 Å². The summed E-state index contributed by atoms with van der Waals surface area (Å²) in [6.07, 6.45) is 0.988. The molecule has 3 heteroatoms. The van der Waals surface area contributed by atoms with Crippen LogP contribution in [0, 0.1) is 0 Å². The predicted molar refractivity (Wildman–Crippen MR) is 79.8 cm³/mol. The van der Waals surface area contributed by atoms with E-state index in [0.29, 0.717) is 31.8 Å². The van der Waals surface area contributed by atoms with E-state index in [2.05, 4.69) is 43.4 Å². The molecule has 0 saturated carbocycles. The molecule has 108 valence electrons. The molecular weight excluding hydrogens is 238 g/mol. The van der Waals surface area contributed by atoms with Crippen molar-refractivity contribution in [2.75, 3.05) is 34.0 Å². The second-order valence-electron chi connectivity index (χ2n) is 5.15. The van der Waals surface area contributed by atoms with Gasteiger partial charge in [0, 0.05) is 13.2 Å². The maximum atomic E-state index is 5.57. The monoisotopic (exact) mass is 265 g/mol. The van der Waals surface area contributed by atoms with Crippen LogP contribution in [0.5, 0.6) is 0 Å². The van der Waals surface area contributed by atoms with Crippen molar-refractivity contribution >= 4 is 0 Å². The van der Waals surface area contributed by atoms with E-state index in [9.17, 15) is 0 Å². The van der Waals surface area contributed by atoms with Crippen molar-refractivity contribution in [3.05, 3.63) is 35.4 Å². The van der Waals surface area contributed by atoms with Gasteiger partial charge in [-0.25, -0.2) is 0 Å². The first-order chi connectivity index (χ1) is 9.17. The van der Waals surface area contributed by atoms with Crippen LogP contribution in [0.1, 0.15) is 30.9 Å². The second kappa shape index (κ2) is 9.08. The molecule has 0 aliphatic carbocycles. The van der Waals surface area contributed by atoms with Gasteiger partial charge < -0.3 is 14.8 Å². The minimum absolute atomic E-state index is 0.349. The fourth-order valence-electron chi connectivity index (χ4n) is 1.94. The maximum Gasteiger partial charge on any atom is 0.0701 e. The zero-order chi connectivity index (χ0) is 14.1. The third kappa shape index (κ3) is 6.19. The lowest BCUT2D eigenvalue weighted by molar-refractivity contribution is 0.0598. The van der Waals surface area contributed by atoms with E-state index in [-0.39, 0.29) is 0 Å². The number of methoxy groups -OCH3 is 1. The molecule has 1 N–H and O–H groups in total. The summed E-state index contributed by atoms with van der Waals surface area (Å²) in [6.45, 7) is 6.45. The molecule has 0 fully saturated rings. The number of ether oxygens (including phenoxy) is 2. The van der Waals surface area contributed by atoms with Gasteiger partial charge in [-0.3, -0.25) is 0 Å². The Hall–Kier alpha value is -0.900. The molecule has 19 heavy (non-hydrogen) atoms. The van der Waals surface area contributed by atoms with Crippen LogP contribution in [-0.4, -0.2) is 40.0 Å². The molecule has 0 aliphatic rings. The lowest BCUT2D eigenvalue weighted by Crippen LogP contribution is -2.33. The fraction of sp³-hybridized carbons (Fsp3) is 0.625. The standard InChI is InChI=1S/C16H27NO2/c1-13(2)15-7-5-14(6-8-15)11-16(17-3)12-19-10-9-18-4/h5-8,13,16-17H,9-12H2,1-4H3. The van der Waals surface area contributed by atoms with Crippen LogP contribution in [0.4, 0.5) is 0 Å². The Morgan fingerprint density at radius 2 is 1.79 bits per heavy atom. The van der Waals surface area contributed by atoms with Crippen LogP contribution < -0.4 is 5.32 Å². The molecule has 1 atom stereocenters. The third-order valence-electron chi connectivity index (χ3n) is 3.29. The summed E-state index contributed by atoms with van der Waals surface area (Å²) in [6, 6.07) is 9.22. The SMILES string of the molecule is CNC(COCCOC)Cc1ccc(C(C)C)cc1. The molecule has 0 amide bonds. The van der Waals surface area contributed by atoms with E-state index in [1.165, 1.54) is 11.1 Å².